The molecule has 0 aliphatic carbocycles. The van der Waals surface area contributed by atoms with Crippen molar-refractivity contribution in [3.8, 4) is 11.5 Å². The summed E-state index contributed by atoms with van der Waals surface area (Å²) in [5.74, 6) is 2.10. The van der Waals surface area contributed by atoms with Crippen LogP contribution in [0, 0.1) is 0 Å². The fourth-order valence-electron chi connectivity index (χ4n) is 1.74. The summed E-state index contributed by atoms with van der Waals surface area (Å²) >= 11 is 1.53. The summed E-state index contributed by atoms with van der Waals surface area (Å²) in [5, 5.41) is 2.89. The fraction of sp³-hybridized carbons (Fsp3) is 0.500. The molecule has 1 aromatic rings. The number of nitrogens with one attached hydrogen (secondary N) is 1. The zero-order valence-corrected chi connectivity index (χ0v) is 12.5. The van der Waals surface area contributed by atoms with Gasteiger partial charge in [-0.2, -0.15) is 11.8 Å². The Kier molecular flexibility index (Phi) is 7.18. The lowest BCUT2D eigenvalue weighted by Crippen LogP contribution is -2.26. The Labute approximate surface area is 118 Å². The first-order valence-corrected chi connectivity index (χ1v) is 7.57. The van der Waals surface area contributed by atoms with Gasteiger partial charge in [-0.1, -0.05) is 6.07 Å². The molecule has 0 aliphatic rings. The van der Waals surface area contributed by atoms with Crippen LogP contribution in [-0.4, -0.2) is 38.7 Å². The Hall–Kier alpha value is -1.36. The standard InChI is InChI=1S/C14H21NO3S/c1-17-12-7-6-11(9-13(12)18-2)5-4-8-15-14(16)10-19-3/h6-7,9H,4-5,8,10H2,1-3H3,(H,15,16). The van der Waals surface area contributed by atoms with Gasteiger partial charge in [-0.05, 0) is 36.8 Å². The van der Waals surface area contributed by atoms with Crippen molar-refractivity contribution in [1.29, 1.82) is 0 Å². The van der Waals surface area contributed by atoms with E-state index in [4.69, 9.17) is 9.47 Å². The Morgan fingerprint density at radius 3 is 2.63 bits per heavy atom. The van der Waals surface area contributed by atoms with Gasteiger partial charge in [0.05, 0.1) is 20.0 Å². The Balaban J connectivity index is 2.39. The summed E-state index contributed by atoms with van der Waals surface area (Å²) in [6.45, 7) is 0.702. The lowest BCUT2D eigenvalue weighted by molar-refractivity contribution is -0.118. The molecular weight excluding hydrogens is 262 g/mol. The third-order valence-corrected chi connectivity index (χ3v) is 3.24. The molecule has 1 N–H and O–H groups in total. The Bertz CT molecular complexity index is 410. The zero-order chi connectivity index (χ0) is 14.1. The largest absolute Gasteiger partial charge is 0.493 e. The number of amides is 1. The molecule has 106 valence electrons. The molecule has 1 rings (SSSR count). The van der Waals surface area contributed by atoms with Crippen LogP contribution in [0.1, 0.15) is 12.0 Å². The summed E-state index contributed by atoms with van der Waals surface area (Å²) in [6.07, 6.45) is 3.73. The lowest BCUT2D eigenvalue weighted by Gasteiger charge is -2.09. The minimum atomic E-state index is 0.0970. The molecule has 0 saturated carbocycles. The maximum atomic E-state index is 11.3. The van der Waals surface area contributed by atoms with E-state index in [1.807, 2.05) is 24.5 Å². The van der Waals surface area contributed by atoms with Gasteiger partial charge in [0.2, 0.25) is 5.91 Å². The number of hydrogen-bond acceptors (Lipinski definition) is 4. The van der Waals surface area contributed by atoms with Gasteiger partial charge in [0.1, 0.15) is 0 Å². The van der Waals surface area contributed by atoms with Crippen molar-refractivity contribution in [3.63, 3.8) is 0 Å². The molecule has 0 radical (unpaired) electrons. The second kappa shape index (κ2) is 8.69. The van der Waals surface area contributed by atoms with Gasteiger partial charge in [0, 0.05) is 6.54 Å². The molecule has 0 atom stereocenters. The van der Waals surface area contributed by atoms with E-state index in [-0.39, 0.29) is 5.91 Å². The van der Waals surface area contributed by atoms with E-state index in [0.717, 1.165) is 24.3 Å². The van der Waals surface area contributed by atoms with E-state index < -0.39 is 0 Å². The number of hydrogen-bond donors (Lipinski definition) is 1. The smallest absolute Gasteiger partial charge is 0.229 e. The molecule has 5 heteroatoms. The molecule has 0 unspecified atom stereocenters. The summed E-state index contributed by atoms with van der Waals surface area (Å²) in [6, 6.07) is 5.90. The number of rotatable bonds is 8. The fourth-order valence-corrected chi connectivity index (χ4v) is 2.10. The highest BCUT2D eigenvalue weighted by Crippen LogP contribution is 2.27. The number of thioether (sulfide) groups is 1. The third kappa shape index (κ3) is 5.42. The molecule has 0 aliphatic heterocycles. The maximum Gasteiger partial charge on any atom is 0.229 e. The van der Waals surface area contributed by atoms with Gasteiger partial charge in [-0.15, -0.1) is 0 Å². The minimum Gasteiger partial charge on any atom is -0.493 e. The predicted molar refractivity (Wildman–Crippen MR) is 79.3 cm³/mol. The van der Waals surface area contributed by atoms with Gasteiger partial charge >= 0.3 is 0 Å². The van der Waals surface area contributed by atoms with Crippen molar-refractivity contribution in [2.75, 3.05) is 32.8 Å². The molecule has 1 amide bonds. The highest BCUT2D eigenvalue weighted by Gasteiger charge is 2.04. The van der Waals surface area contributed by atoms with Crippen molar-refractivity contribution in [3.05, 3.63) is 23.8 Å². The van der Waals surface area contributed by atoms with Gasteiger partial charge in [-0.25, -0.2) is 0 Å². The quantitative estimate of drug-likeness (QED) is 0.742. The molecule has 0 heterocycles. The molecular formula is C14H21NO3S. The van der Waals surface area contributed by atoms with Gasteiger partial charge in [-0.3, -0.25) is 4.79 Å². The number of benzene rings is 1. The number of ether oxygens (including phenoxy) is 2. The molecule has 0 spiro atoms. The molecule has 0 aromatic heterocycles. The van der Waals surface area contributed by atoms with Gasteiger partial charge < -0.3 is 14.8 Å². The van der Waals surface area contributed by atoms with Crippen molar-refractivity contribution < 1.29 is 14.3 Å². The second-order valence-corrected chi connectivity index (χ2v) is 4.94. The van der Waals surface area contributed by atoms with Crippen LogP contribution in [0.15, 0.2) is 18.2 Å². The van der Waals surface area contributed by atoms with E-state index in [1.165, 1.54) is 17.3 Å². The van der Waals surface area contributed by atoms with Crippen LogP contribution in [-0.2, 0) is 11.2 Å². The van der Waals surface area contributed by atoms with Crippen LogP contribution in [0.25, 0.3) is 0 Å². The van der Waals surface area contributed by atoms with E-state index in [2.05, 4.69) is 5.32 Å². The topological polar surface area (TPSA) is 47.6 Å². The zero-order valence-electron chi connectivity index (χ0n) is 11.7. The van der Waals surface area contributed by atoms with Crippen molar-refractivity contribution in [2.24, 2.45) is 0 Å². The number of aryl methyl sites for hydroxylation is 1. The van der Waals surface area contributed by atoms with Gasteiger partial charge in [0.25, 0.3) is 0 Å². The van der Waals surface area contributed by atoms with E-state index in [9.17, 15) is 4.79 Å². The monoisotopic (exact) mass is 283 g/mol. The second-order valence-electron chi connectivity index (χ2n) is 4.08. The molecule has 4 nitrogen and oxygen atoms in total. The minimum absolute atomic E-state index is 0.0970. The first kappa shape index (κ1) is 15.7. The summed E-state index contributed by atoms with van der Waals surface area (Å²) < 4.78 is 10.4. The SMILES string of the molecule is COc1ccc(CCCNC(=O)CSC)cc1OC. The van der Waals surface area contributed by atoms with Crippen LogP contribution in [0.3, 0.4) is 0 Å². The first-order chi connectivity index (χ1) is 9.21. The van der Waals surface area contributed by atoms with E-state index in [1.54, 1.807) is 14.2 Å². The Morgan fingerprint density at radius 2 is 2.00 bits per heavy atom. The maximum absolute atomic E-state index is 11.3. The number of carbonyl (C=O) groups is 1. The van der Waals surface area contributed by atoms with Crippen LogP contribution >= 0.6 is 11.8 Å². The van der Waals surface area contributed by atoms with Crippen LogP contribution in [0.4, 0.5) is 0 Å². The van der Waals surface area contributed by atoms with E-state index in [0.29, 0.717) is 12.3 Å². The lowest BCUT2D eigenvalue weighted by atomic mass is 10.1. The number of methoxy groups -OCH3 is 2. The van der Waals surface area contributed by atoms with Crippen LogP contribution in [0.5, 0.6) is 11.5 Å². The molecule has 19 heavy (non-hydrogen) atoms. The van der Waals surface area contributed by atoms with Crippen molar-refractivity contribution in [2.45, 2.75) is 12.8 Å². The first-order valence-electron chi connectivity index (χ1n) is 6.17. The third-order valence-electron chi connectivity index (χ3n) is 2.69. The highest BCUT2D eigenvalue weighted by atomic mass is 32.2. The van der Waals surface area contributed by atoms with Gasteiger partial charge in [0.15, 0.2) is 11.5 Å². The van der Waals surface area contributed by atoms with Crippen molar-refractivity contribution in [1.82, 2.24) is 5.32 Å². The van der Waals surface area contributed by atoms with Crippen LogP contribution in [0.2, 0.25) is 0 Å². The Morgan fingerprint density at radius 1 is 1.26 bits per heavy atom. The predicted octanol–water partition coefficient (Wildman–Crippen LogP) is 2.12. The molecule has 0 bridgehead atoms. The average Bonchev–Trinajstić information content (AvgIpc) is 2.43. The normalized spacial score (nSPS) is 10.1. The van der Waals surface area contributed by atoms with Crippen LogP contribution < -0.4 is 14.8 Å². The number of carbonyl (C=O) groups excluding carboxylic acids is 1. The van der Waals surface area contributed by atoms with Crippen molar-refractivity contribution >= 4 is 17.7 Å². The summed E-state index contributed by atoms with van der Waals surface area (Å²) in [5.41, 5.74) is 1.18. The molecule has 0 saturated heterocycles. The average molecular weight is 283 g/mol. The summed E-state index contributed by atoms with van der Waals surface area (Å²) in [4.78, 5) is 11.3. The molecule has 1 aromatic carbocycles. The van der Waals surface area contributed by atoms with E-state index >= 15 is 0 Å². The molecule has 0 fully saturated rings. The summed E-state index contributed by atoms with van der Waals surface area (Å²) in [7, 11) is 3.25. The highest BCUT2D eigenvalue weighted by molar-refractivity contribution is 7.99.